The lowest BCUT2D eigenvalue weighted by Crippen LogP contribution is -2.59. The third-order valence-corrected chi connectivity index (χ3v) is 11.6. The molecule has 4 fully saturated rings. The van der Waals surface area contributed by atoms with Gasteiger partial charge in [0.1, 0.15) is 17.7 Å². The molecule has 1 spiro atoms. The maximum absolute atomic E-state index is 15.1. The van der Waals surface area contributed by atoms with Gasteiger partial charge >= 0.3 is 5.97 Å². The number of amides is 3. The molecule has 284 valence electrons. The third kappa shape index (κ3) is 7.57. The average Bonchev–Trinajstić information content (AvgIpc) is 3.83. The molecule has 11 heteroatoms. The van der Waals surface area contributed by atoms with Crippen LogP contribution in [0.3, 0.4) is 0 Å². The standard InChI is InChI=1S/C42H53N3O8/c1-4-6-22-34(47)43-31(27-51-3)37(29-18-12-8-13-19-29)52-41(50)35-33-23-24-42(53-33)36(35)39(48)45(32(26-46)28-16-10-7-11-17-28)38(42)40(49)44(25-5-2)30-20-14-9-15-21-30/h4-5,7-8,10-13,16-19,30-33,35-38,46H,1-2,6,9,14-15,20-27H2,3H3,(H,43,47)/t31-,32-,33+,35-,36-,37-,38+,42-/m1/s1. The number of likely N-dealkylation sites (tertiary alicyclic amines) is 1. The van der Waals surface area contributed by atoms with Gasteiger partial charge in [-0.1, -0.05) is 92.1 Å². The van der Waals surface area contributed by atoms with Crippen LogP contribution in [0, 0.1) is 11.8 Å². The Hall–Kier alpha value is -4.32. The molecular formula is C42H53N3O8. The second kappa shape index (κ2) is 17.2. The van der Waals surface area contributed by atoms with Crippen molar-refractivity contribution in [1.29, 1.82) is 0 Å². The van der Waals surface area contributed by atoms with Crippen molar-refractivity contribution < 1.29 is 38.5 Å². The minimum absolute atomic E-state index is 0.0173. The smallest absolute Gasteiger partial charge is 0.313 e. The van der Waals surface area contributed by atoms with Crippen LogP contribution in [0.2, 0.25) is 0 Å². The minimum atomic E-state index is -1.30. The molecule has 53 heavy (non-hydrogen) atoms. The number of fused-ring (bicyclic) bond motifs is 1. The molecule has 2 bridgehead atoms. The van der Waals surface area contributed by atoms with Gasteiger partial charge in [-0.2, -0.15) is 0 Å². The summed E-state index contributed by atoms with van der Waals surface area (Å²) in [5.41, 5.74) is 0.0271. The fourth-order valence-corrected chi connectivity index (χ4v) is 9.24. The molecule has 3 heterocycles. The highest BCUT2D eigenvalue weighted by molar-refractivity contribution is 5.98. The minimum Gasteiger partial charge on any atom is -0.455 e. The first-order valence-electron chi connectivity index (χ1n) is 19.0. The highest BCUT2D eigenvalue weighted by atomic mass is 16.6. The van der Waals surface area contributed by atoms with Crippen LogP contribution in [0.4, 0.5) is 0 Å². The van der Waals surface area contributed by atoms with E-state index in [0.29, 0.717) is 36.9 Å². The highest BCUT2D eigenvalue weighted by Gasteiger charge is 2.76. The number of benzene rings is 2. The van der Waals surface area contributed by atoms with Gasteiger partial charge in [-0.15, -0.1) is 13.2 Å². The molecule has 0 radical (unpaired) electrons. The van der Waals surface area contributed by atoms with E-state index in [1.54, 1.807) is 12.2 Å². The quantitative estimate of drug-likeness (QED) is 0.175. The van der Waals surface area contributed by atoms with E-state index in [1.807, 2.05) is 65.6 Å². The molecule has 3 amide bonds. The zero-order chi connectivity index (χ0) is 37.5. The molecule has 2 aromatic carbocycles. The predicted molar refractivity (Wildman–Crippen MR) is 198 cm³/mol. The topological polar surface area (TPSA) is 135 Å². The zero-order valence-electron chi connectivity index (χ0n) is 30.6. The Bertz CT molecular complexity index is 1610. The first-order chi connectivity index (χ1) is 25.8. The van der Waals surface area contributed by atoms with Crippen molar-refractivity contribution in [2.45, 2.75) is 99.8 Å². The average molecular weight is 728 g/mol. The van der Waals surface area contributed by atoms with Gasteiger partial charge in [-0.3, -0.25) is 19.2 Å². The third-order valence-electron chi connectivity index (χ3n) is 11.6. The summed E-state index contributed by atoms with van der Waals surface area (Å²) in [6, 6.07) is 15.6. The summed E-state index contributed by atoms with van der Waals surface area (Å²) in [6.45, 7) is 7.60. The Morgan fingerprint density at radius 3 is 2.32 bits per heavy atom. The van der Waals surface area contributed by atoms with Crippen molar-refractivity contribution in [3.05, 3.63) is 97.1 Å². The SMILES string of the molecule is C=CCCC(=O)N[C@H](COC)[C@H](OC(=O)[C@@H]1[C@@H]2CC[C@]3(O2)[C@H](C(=O)N(CC=C)C2CCCCC2)N([C@H](CO)c2ccccc2)C(=O)[C@@H]13)c1ccccc1. The van der Waals surface area contributed by atoms with E-state index in [2.05, 4.69) is 18.5 Å². The van der Waals surface area contributed by atoms with Crippen LogP contribution < -0.4 is 5.32 Å². The second-order valence-electron chi connectivity index (χ2n) is 14.7. The van der Waals surface area contributed by atoms with E-state index in [0.717, 1.165) is 32.1 Å². The number of nitrogens with zero attached hydrogens (tertiary/aromatic N) is 2. The van der Waals surface area contributed by atoms with Gasteiger partial charge in [-0.05, 0) is 43.2 Å². The first kappa shape index (κ1) is 38.4. The van der Waals surface area contributed by atoms with Gasteiger partial charge in [-0.25, -0.2) is 0 Å². The Morgan fingerprint density at radius 2 is 1.70 bits per heavy atom. The van der Waals surface area contributed by atoms with E-state index >= 15 is 9.59 Å². The van der Waals surface area contributed by atoms with Crippen molar-refractivity contribution in [1.82, 2.24) is 15.1 Å². The van der Waals surface area contributed by atoms with Crippen molar-refractivity contribution in [2.24, 2.45) is 11.8 Å². The molecule has 3 saturated heterocycles. The van der Waals surface area contributed by atoms with E-state index < -0.39 is 66.3 Å². The molecule has 0 unspecified atom stereocenters. The molecule has 11 nitrogen and oxygen atoms in total. The Kier molecular flexibility index (Phi) is 12.5. The molecular weight excluding hydrogens is 674 g/mol. The maximum Gasteiger partial charge on any atom is 0.313 e. The Balaban J connectivity index is 1.38. The summed E-state index contributed by atoms with van der Waals surface area (Å²) in [5.74, 6) is -3.58. The molecule has 8 atom stereocenters. The molecule has 0 aromatic heterocycles. The monoisotopic (exact) mass is 727 g/mol. The number of carbonyl (C=O) groups is 4. The lowest BCUT2D eigenvalue weighted by Gasteiger charge is -2.42. The highest BCUT2D eigenvalue weighted by Crippen LogP contribution is 2.60. The molecule has 2 N–H and O–H groups in total. The fraction of sp³-hybridized carbons (Fsp3) is 0.524. The Morgan fingerprint density at radius 1 is 1.02 bits per heavy atom. The van der Waals surface area contributed by atoms with Crippen LogP contribution in [0.25, 0.3) is 0 Å². The van der Waals surface area contributed by atoms with Crippen molar-refractivity contribution >= 4 is 23.7 Å². The molecule has 2 aromatic rings. The molecule has 1 aliphatic carbocycles. The van der Waals surface area contributed by atoms with Crippen molar-refractivity contribution in [2.75, 3.05) is 26.9 Å². The number of aliphatic hydroxyl groups is 1. The van der Waals surface area contributed by atoms with Crippen LogP contribution in [0.1, 0.15) is 81.1 Å². The normalized spacial score (nSPS) is 26.7. The van der Waals surface area contributed by atoms with Crippen LogP contribution in [0.5, 0.6) is 0 Å². The summed E-state index contributed by atoms with van der Waals surface area (Å²) < 4.78 is 18.6. The van der Waals surface area contributed by atoms with Crippen molar-refractivity contribution in [3.63, 3.8) is 0 Å². The first-order valence-corrected chi connectivity index (χ1v) is 19.0. The van der Waals surface area contributed by atoms with Crippen LogP contribution in [-0.2, 0) is 33.4 Å². The maximum atomic E-state index is 15.1. The summed E-state index contributed by atoms with van der Waals surface area (Å²) in [7, 11) is 1.51. The number of aliphatic hydroxyl groups excluding tert-OH is 1. The summed E-state index contributed by atoms with van der Waals surface area (Å²) >= 11 is 0. The van der Waals surface area contributed by atoms with Gasteiger partial charge in [0.15, 0.2) is 0 Å². The number of methoxy groups -OCH3 is 1. The molecule has 6 rings (SSSR count). The van der Waals surface area contributed by atoms with E-state index in [-0.39, 0.29) is 30.9 Å². The number of rotatable bonds is 17. The summed E-state index contributed by atoms with van der Waals surface area (Å²) in [5, 5.41) is 13.9. The van der Waals surface area contributed by atoms with Gasteiger partial charge in [0.2, 0.25) is 17.7 Å². The van der Waals surface area contributed by atoms with Gasteiger partial charge < -0.3 is 34.4 Å². The molecule has 4 aliphatic rings. The summed E-state index contributed by atoms with van der Waals surface area (Å²) in [6.07, 6.45) is 8.14. The fourth-order valence-electron chi connectivity index (χ4n) is 9.24. The number of ether oxygens (including phenoxy) is 3. The van der Waals surface area contributed by atoms with Crippen molar-refractivity contribution in [3.8, 4) is 0 Å². The summed E-state index contributed by atoms with van der Waals surface area (Å²) in [4.78, 5) is 61.0. The number of allylic oxidation sites excluding steroid dienone is 1. The van der Waals surface area contributed by atoms with Gasteiger partial charge in [0.05, 0.1) is 43.2 Å². The number of hydrogen-bond donors (Lipinski definition) is 2. The number of nitrogens with one attached hydrogen (secondary N) is 1. The van der Waals surface area contributed by atoms with E-state index in [1.165, 1.54) is 12.0 Å². The number of esters is 1. The predicted octanol–water partition coefficient (Wildman–Crippen LogP) is 4.82. The van der Waals surface area contributed by atoms with E-state index in [4.69, 9.17) is 14.2 Å². The van der Waals surface area contributed by atoms with Crippen LogP contribution >= 0.6 is 0 Å². The molecule has 3 aliphatic heterocycles. The largest absolute Gasteiger partial charge is 0.455 e. The number of carbonyl (C=O) groups excluding carboxylic acids is 4. The van der Waals surface area contributed by atoms with Gasteiger partial charge in [0.25, 0.3) is 0 Å². The lowest BCUT2D eigenvalue weighted by atomic mass is 9.70. The second-order valence-corrected chi connectivity index (χ2v) is 14.7. The zero-order valence-corrected chi connectivity index (χ0v) is 30.6. The lowest BCUT2D eigenvalue weighted by molar-refractivity contribution is -0.163. The van der Waals surface area contributed by atoms with Crippen LogP contribution in [-0.4, -0.2) is 95.3 Å². The van der Waals surface area contributed by atoms with E-state index in [9.17, 15) is 14.7 Å². The van der Waals surface area contributed by atoms with Crippen LogP contribution in [0.15, 0.2) is 86.0 Å². The molecule has 1 saturated carbocycles. The number of hydrogen-bond acceptors (Lipinski definition) is 8. The Labute approximate surface area is 312 Å². The van der Waals surface area contributed by atoms with Gasteiger partial charge in [0, 0.05) is 26.1 Å².